The number of carboxylic acids is 1. The second-order valence-corrected chi connectivity index (χ2v) is 5.06. The highest BCUT2D eigenvalue weighted by molar-refractivity contribution is 5.83. The maximum absolute atomic E-state index is 11.9. The highest BCUT2D eigenvalue weighted by Crippen LogP contribution is 2.10. The second kappa shape index (κ2) is 7.60. The number of aliphatic carboxylic acids is 1. The molecule has 3 amide bonds. The van der Waals surface area contributed by atoms with Crippen molar-refractivity contribution in [1.29, 1.82) is 0 Å². The van der Waals surface area contributed by atoms with E-state index in [2.05, 4.69) is 5.32 Å². The van der Waals surface area contributed by atoms with Crippen molar-refractivity contribution >= 4 is 17.9 Å². The SMILES string of the molecule is CC(C)C(CNC(=O)N(CC(N)=O)C(C)C)C(=O)O. The molecule has 0 aliphatic rings. The van der Waals surface area contributed by atoms with Gasteiger partial charge in [0.25, 0.3) is 0 Å². The average molecular weight is 273 g/mol. The maximum Gasteiger partial charge on any atom is 0.318 e. The Labute approximate surface area is 113 Å². The lowest BCUT2D eigenvalue weighted by molar-refractivity contribution is -0.143. The number of nitrogens with two attached hydrogens (primary N) is 1. The summed E-state index contributed by atoms with van der Waals surface area (Å²) in [5, 5.41) is 11.5. The van der Waals surface area contributed by atoms with Gasteiger partial charge in [-0.3, -0.25) is 9.59 Å². The third-order valence-electron chi connectivity index (χ3n) is 2.81. The zero-order chi connectivity index (χ0) is 15.2. The quantitative estimate of drug-likeness (QED) is 0.617. The van der Waals surface area contributed by atoms with E-state index >= 15 is 0 Å². The Hall–Kier alpha value is -1.79. The van der Waals surface area contributed by atoms with Crippen LogP contribution in [-0.2, 0) is 9.59 Å². The number of nitrogens with zero attached hydrogens (tertiary/aromatic N) is 1. The number of carbonyl (C=O) groups is 3. The van der Waals surface area contributed by atoms with Gasteiger partial charge >= 0.3 is 12.0 Å². The smallest absolute Gasteiger partial charge is 0.318 e. The van der Waals surface area contributed by atoms with Crippen LogP contribution in [0.3, 0.4) is 0 Å². The van der Waals surface area contributed by atoms with E-state index < -0.39 is 23.8 Å². The van der Waals surface area contributed by atoms with E-state index in [4.69, 9.17) is 10.8 Å². The highest BCUT2D eigenvalue weighted by atomic mass is 16.4. The van der Waals surface area contributed by atoms with Crippen LogP contribution in [0.15, 0.2) is 0 Å². The van der Waals surface area contributed by atoms with Gasteiger partial charge in [0.1, 0.15) is 6.54 Å². The van der Waals surface area contributed by atoms with Crippen molar-refractivity contribution in [1.82, 2.24) is 10.2 Å². The Morgan fingerprint density at radius 1 is 1.21 bits per heavy atom. The van der Waals surface area contributed by atoms with Crippen molar-refractivity contribution in [2.24, 2.45) is 17.6 Å². The van der Waals surface area contributed by atoms with Gasteiger partial charge in [0.2, 0.25) is 5.91 Å². The van der Waals surface area contributed by atoms with Crippen LogP contribution in [0, 0.1) is 11.8 Å². The van der Waals surface area contributed by atoms with Crippen LogP contribution in [0.4, 0.5) is 4.79 Å². The van der Waals surface area contributed by atoms with Crippen molar-refractivity contribution in [2.75, 3.05) is 13.1 Å². The molecule has 0 aromatic heterocycles. The summed E-state index contributed by atoms with van der Waals surface area (Å²) in [5.41, 5.74) is 5.07. The average Bonchev–Trinajstić information content (AvgIpc) is 2.24. The summed E-state index contributed by atoms with van der Waals surface area (Å²) in [6.07, 6.45) is 0. The van der Waals surface area contributed by atoms with E-state index in [1.807, 2.05) is 0 Å². The van der Waals surface area contributed by atoms with E-state index in [0.717, 1.165) is 0 Å². The molecule has 1 atom stereocenters. The standard InChI is InChI=1S/C12H23N3O4/c1-7(2)9(11(17)18)5-14-12(19)15(8(3)4)6-10(13)16/h7-9H,5-6H2,1-4H3,(H2,13,16)(H,14,19)(H,17,18). The largest absolute Gasteiger partial charge is 0.481 e. The number of primary amides is 1. The van der Waals surface area contributed by atoms with Crippen LogP contribution in [0.5, 0.6) is 0 Å². The van der Waals surface area contributed by atoms with E-state index in [-0.39, 0.29) is 25.0 Å². The minimum atomic E-state index is -0.957. The molecule has 7 heteroatoms. The lowest BCUT2D eigenvalue weighted by Crippen LogP contribution is -2.49. The van der Waals surface area contributed by atoms with Gasteiger partial charge in [-0.05, 0) is 19.8 Å². The molecule has 0 aliphatic carbocycles. The number of nitrogens with one attached hydrogen (secondary N) is 1. The Morgan fingerprint density at radius 3 is 2.05 bits per heavy atom. The molecule has 0 aromatic rings. The Kier molecular flexibility index (Phi) is 6.89. The normalized spacial score (nSPS) is 12.3. The molecule has 0 aliphatic heterocycles. The first-order valence-electron chi connectivity index (χ1n) is 6.22. The second-order valence-electron chi connectivity index (χ2n) is 5.06. The van der Waals surface area contributed by atoms with Gasteiger partial charge in [0, 0.05) is 12.6 Å². The minimum Gasteiger partial charge on any atom is -0.481 e. The van der Waals surface area contributed by atoms with Crippen LogP contribution in [0.2, 0.25) is 0 Å². The van der Waals surface area contributed by atoms with E-state index in [0.29, 0.717) is 0 Å². The highest BCUT2D eigenvalue weighted by Gasteiger charge is 2.24. The van der Waals surface area contributed by atoms with Crippen LogP contribution >= 0.6 is 0 Å². The van der Waals surface area contributed by atoms with E-state index in [9.17, 15) is 14.4 Å². The number of amides is 3. The van der Waals surface area contributed by atoms with Gasteiger partial charge < -0.3 is 21.1 Å². The number of urea groups is 1. The summed E-state index contributed by atoms with van der Waals surface area (Å²) in [6, 6.07) is -0.685. The number of rotatable bonds is 7. The molecule has 0 heterocycles. The zero-order valence-corrected chi connectivity index (χ0v) is 11.8. The molecule has 4 N–H and O–H groups in total. The van der Waals surface area contributed by atoms with Gasteiger partial charge in [0.05, 0.1) is 5.92 Å². The topological polar surface area (TPSA) is 113 Å². The van der Waals surface area contributed by atoms with Crippen LogP contribution in [0.25, 0.3) is 0 Å². The van der Waals surface area contributed by atoms with Gasteiger partial charge in [-0.15, -0.1) is 0 Å². The fourth-order valence-electron chi connectivity index (χ4n) is 1.56. The molecule has 0 saturated heterocycles. The molecule has 0 rings (SSSR count). The van der Waals surface area contributed by atoms with Crippen LogP contribution in [-0.4, -0.2) is 47.0 Å². The Bertz CT molecular complexity index is 342. The van der Waals surface area contributed by atoms with Crippen molar-refractivity contribution in [3.8, 4) is 0 Å². The number of hydrogen-bond acceptors (Lipinski definition) is 3. The summed E-state index contributed by atoms with van der Waals surface area (Å²) < 4.78 is 0. The van der Waals surface area contributed by atoms with Crippen LogP contribution < -0.4 is 11.1 Å². The lowest BCUT2D eigenvalue weighted by Gasteiger charge is -2.26. The summed E-state index contributed by atoms with van der Waals surface area (Å²) in [6.45, 7) is 6.87. The van der Waals surface area contributed by atoms with Crippen molar-refractivity contribution in [3.63, 3.8) is 0 Å². The molecule has 0 bridgehead atoms. The van der Waals surface area contributed by atoms with Crippen molar-refractivity contribution in [3.05, 3.63) is 0 Å². The summed E-state index contributed by atoms with van der Waals surface area (Å²) >= 11 is 0. The first-order chi connectivity index (χ1) is 8.66. The third kappa shape index (κ3) is 6.08. The fourth-order valence-corrected chi connectivity index (χ4v) is 1.56. The van der Waals surface area contributed by atoms with Crippen molar-refractivity contribution in [2.45, 2.75) is 33.7 Å². The third-order valence-corrected chi connectivity index (χ3v) is 2.81. The number of carbonyl (C=O) groups excluding carboxylic acids is 2. The number of hydrogen-bond donors (Lipinski definition) is 3. The molecular weight excluding hydrogens is 250 g/mol. The molecule has 7 nitrogen and oxygen atoms in total. The molecule has 0 fully saturated rings. The predicted molar refractivity (Wildman–Crippen MR) is 70.4 cm³/mol. The monoisotopic (exact) mass is 273 g/mol. The van der Waals surface area contributed by atoms with Gasteiger partial charge in [-0.25, -0.2) is 4.79 Å². The first kappa shape index (κ1) is 17.2. The van der Waals surface area contributed by atoms with Gasteiger partial charge in [-0.1, -0.05) is 13.8 Å². The molecule has 1 unspecified atom stereocenters. The number of carboxylic acid groups (broad SMARTS) is 1. The van der Waals surface area contributed by atoms with Crippen LogP contribution in [0.1, 0.15) is 27.7 Å². The molecule has 0 saturated carbocycles. The lowest BCUT2D eigenvalue weighted by atomic mass is 9.96. The summed E-state index contributed by atoms with van der Waals surface area (Å²) in [5.74, 6) is -2.32. The Morgan fingerprint density at radius 2 is 1.74 bits per heavy atom. The molecule has 0 aromatic carbocycles. The molecule has 19 heavy (non-hydrogen) atoms. The summed E-state index contributed by atoms with van der Waals surface area (Å²) in [7, 11) is 0. The molecule has 0 spiro atoms. The van der Waals surface area contributed by atoms with Crippen molar-refractivity contribution < 1.29 is 19.5 Å². The fraction of sp³-hybridized carbons (Fsp3) is 0.750. The molecule has 110 valence electrons. The van der Waals surface area contributed by atoms with E-state index in [1.54, 1.807) is 27.7 Å². The predicted octanol–water partition coefficient (Wildman–Crippen LogP) is 0.249. The summed E-state index contributed by atoms with van der Waals surface area (Å²) in [4.78, 5) is 35.0. The maximum atomic E-state index is 11.9. The molecular formula is C12H23N3O4. The Balaban J connectivity index is 4.56. The van der Waals surface area contributed by atoms with Gasteiger partial charge in [-0.2, -0.15) is 0 Å². The minimum absolute atomic E-state index is 0.0216. The van der Waals surface area contributed by atoms with E-state index in [1.165, 1.54) is 4.90 Å². The zero-order valence-electron chi connectivity index (χ0n) is 11.8. The molecule has 0 radical (unpaired) electrons. The first-order valence-corrected chi connectivity index (χ1v) is 6.22. The van der Waals surface area contributed by atoms with Gasteiger partial charge in [0.15, 0.2) is 0 Å².